The Labute approximate surface area is 110 Å². The third kappa shape index (κ3) is 3.17. The van der Waals surface area contributed by atoms with Gasteiger partial charge in [0.25, 0.3) is 0 Å². The molecule has 12 heteroatoms. The van der Waals surface area contributed by atoms with Crippen molar-refractivity contribution in [2.75, 3.05) is 0 Å². The summed E-state index contributed by atoms with van der Waals surface area (Å²) in [5.74, 6) is 0. The van der Waals surface area contributed by atoms with Gasteiger partial charge in [0.05, 0.1) is 0 Å². The van der Waals surface area contributed by atoms with Gasteiger partial charge < -0.3 is 0 Å². The van der Waals surface area contributed by atoms with E-state index in [0.717, 1.165) is 6.92 Å². The van der Waals surface area contributed by atoms with Gasteiger partial charge in [-0.25, -0.2) is 13.2 Å². The van der Waals surface area contributed by atoms with Crippen molar-refractivity contribution in [3.63, 3.8) is 0 Å². The van der Waals surface area contributed by atoms with Crippen LogP contribution in [0, 0.1) is 0 Å². The Morgan fingerprint density at radius 1 is 0.667 bits per heavy atom. The first-order chi connectivity index (χ1) is 8.97. The first-order valence-electron chi connectivity index (χ1n) is 5.19. The van der Waals surface area contributed by atoms with Gasteiger partial charge in [0.2, 0.25) is 5.67 Å². The summed E-state index contributed by atoms with van der Waals surface area (Å²) in [5.41, 5.74) is -12.6. The maximum atomic E-state index is 13.5. The van der Waals surface area contributed by atoms with Crippen LogP contribution in [-0.4, -0.2) is 36.0 Å². The van der Waals surface area contributed by atoms with Gasteiger partial charge in [-0.05, 0) is 6.42 Å². The van der Waals surface area contributed by atoms with Crippen LogP contribution in [0.1, 0.15) is 19.8 Å². The van der Waals surface area contributed by atoms with E-state index in [4.69, 9.17) is 0 Å². The fourth-order valence-corrected chi connectivity index (χ4v) is 1.54. The zero-order valence-electron chi connectivity index (χ0n) is 10.0. The van der Waals surface area contributed by atoms with Crippen molar-refractivity contribution in [3.8, 4) is 0 Å². The van der Waals surface area contributed by atoms with E-state index in [9.17, 15) is 52.7 Å². The van der Waals surface area contributed by atoms with Gasteiger partial charge in [-0.3, -0.25) is 0 Å². The normalized spacial score (nSPS) is 19.3. The highest BCUT2D eigenvalue weighted by Crippen LogP contribution is 2.56. The first kappa shape index (κ1) is 20.2. The Morgan fingerprint density at radius 3 is 1.19 bits per heavy atom. The molecule has 2 unspecified atom stereocenters. The smallest absolute Gasteiger partial charge is 0.239 e. The van der Waals surface area contributed by atoms with Crippen molar-refractivity contribution < 1.29 is 52.7 Å². The standard InChI is InChI=1S/C9H8F12/c1-2-3-5(11,7(13,14)15)4(10)6(12,8(16,17)18)9(19,20)21/h4H,2-3H2,1H3. The van der Waals surface area contributed by atoms with E-state index in [-0.39, 0.29) is 0 Å². The van der Waals surface area contributed by atoms with Crippen molar-refractivity contribution in [2.45, 2.75) is 55.8 Å². The number of halogens is 12. The lowest BCUT2D eigenvalue weighted by Crippen LogP contribution is -2.68. The van der Waals surface area contributed by atoms with Crippen LogP contribution in [0.5, 0.6) is 0 Å². The molecular formula is C9H8F12. The summed E-state index contributed by atoms with van der Waals surface area (Å²) in [6, 6.07) is 0. The van der Waals surface area contributed by atoms with E-state index in [1.807, 2.05) is 0 Å². The quantitative estimate of drug-likeness (QED) is 0.613. The molecule has 0 amide bonds. The third-order valence-corrected chi connectivity index (χ3v) is 2.66. The van der Waals surface area contributed by atoms with Crippen LogP contribution in [0.4, 0.5) is 52.7 Å². The van der Waals surface area contributed by atoms with Gasteiger partial charge in [-0.1, -0.05) is 13.3 Å². The van der Waals surface area contributed by atoms with Crippen LogP contribution in [-0.2, 0) is 0 Å². The number of hydrogen-bond acceptors (Lipinski definition) is 0. The van der Waals surface area contributed by atoms with Gasteiger partial charge in [-0.15, -0.1) is 0 Å². The Bertz CT molecular complexity index is 335. The fraction of sp³-hybridized carbons (Fsp3) is 1.00. The molecule has 0 N–H and O–H groups in total. The van der Waals surface area contributed by atoms with E-state index >= 15 is 0 Å². The molecule has 0 aliphatic rings. The van der Waals surface area contributed by atoms with Gasteiger partial charge in [0, 0.05) is 0 Å². The molecular weight excluding hydrogens is 336 g/mol. The highest BCUT2D eigenvalue weighted by atomic mass is 19.4. The van der Waals surface area contributed by atoms with E-state index < -0.39 is 48.9 Å². The van der Waals surface area contributed by atoms with Gasteiger partial charge in [0.15, 0.2) is 6.17 Å². The Balaban J connectivity index is 6.18. The molecule has 0 saturated carbocycles. The van der Waals surface area contributed by atoms with Crippen molar-refractivity contribution in [1.82, 2.24) is 0 Å². The fourth-order valence-electron chi connectivity index (χ4n) is 1.54. The Kier molecular flexibility index (Phi) is 5.20. The van der Waals surface area contributed by atoms with Gasteiger partial charge >= 0.3 is 24.2 Å². The van der Waals surface area contributed by atoms with E-state index in [2.05, 4.69) is 0 Å². The molecule has 0 aromatic heterocycles. The summed E-state index contributed by atoms with van der Waals surface area (Å²) < 4.78 is 150. The molecule has 0 fully saturated rings. The molecule has 2 atom stereocenters. The second-order valence-electron chi connectivity index (χ2n) is 4.18. The predicted molar refractivity (Wildman–Crippen MR) is 45.6 cm³/mol. The maximum absolute atomic E-state index is 13.5. The minimum absolute atomic E-state index is 0.744. The van der Waals surface area contributed by atoms with Crippen LogP contribution in [0.25, 0.3) is 0 Å². The largest absolute Gasteiger partial charge is 0.434 e. The molecule has 0 bridgehead atoms. The van der Waals surface area contributed by atoms with Crippen molar-refractivity contribution in [1.29, 1.82) is 0 Å². The zero-order valence-corrected chi connectivity index (χ0v) is 10.0. The molecule has 0 rings (SSSR count). The maximum Gasteiger partial charge on any atom is 0.434 e. The predicted octanol–water partition coefficient (Wildman–Crippen LogP) is 5.23. The second kappa shape index (κ2) is 5.41. The van der Waals surface area contributed by atoms with Crippen molar-refractivity contribution >= 4 is 0 Å². The van der Waals surface area contributed by atoms with E-state index in [1.165, 1.54) is 0 Å². The van der Waals surface area contributed by atoms with Gasteiger partial charge in [0.1, 0.15) is 0 Å². The molecule has 0 nitrogen and oxygen atoms in total. The van der Waals surface area contributed by atoms with Crippen molar-refractivity contribution in [2.24, 2.45) is 0 Å². The number of alkyl halides is 12. The summed E-state index contributed by atoms with van der Waals surface area (Å²) >= 11 is 0. The van der Waals surface area contributed by atoms with Crippen LogP contribution >= 0.6 is 0 Å². The SMILES string of the molecule is CCCC(F)(C(F)C(F)(C(F)(F)F)C(F)(F)F)C(F)(F)F. The molecule has 21 heavy (non-hydrogen) atoms. The molecule has 0 heterocycles. The minimum atomic E-state index is -7.12. The van der Waals surface area contributed by atoms with Crippen LogP contribution < -0.4 is 0 Å². The van der Waals surface area contributed by atoms with Crippen LogP contribution in [0.3, 0.4) is 0 Å². The molecule has 0 radical (unpaired) electrons. The minimum Gasteiger partial charge on any atom is -0.239 e. The Morgan fingerprint density at radius 2 is 1.00 bits per heavy atom. The Hall–Kier alpha value is -0.840. The lowest BCUT2D eigenvalue weighted by atomic mass is 9.82. The van der Waals surface area contributed by atoms with E-state index in [0.29, 0.717) is 0 Å². The molecule has 128 valence electrons. The monoisotopic (exact) mass is 344 g/mol. The average molecular weight is 344 g/mol. The van der Waals surface area contributed by atoms with Gasteiger partial charge in [-0.2, -0.15) is 39.5 Å². The first-order valence-corrected chi connectivity index (χ1v) is 5.19. The molecule has 0 aliphatic carbocycles. The van der Waals surface area contributed by atoms with Crippen molar-refractivity contribution in [3.05, 3.63) is 0 Å². The van der Waals surface area contributed by atoms with E-state index in [1.54, 1.807) is 0 Å². The number of hydrogen-bond donors (Lipinski definition) is 0. The highest BCUT2D eigenvalue weighted by molar-refractivity contribution is 5.11. The van der Waals surface area contributed by atoms with Crippen LogP contribution in [0.2, 0.25) is 0 Å². The second-order valence-corrected chi connectivity index (χ2v) is 4.18. The zero-order chi connectivity index (χ0) is 17.5. The molecule has 0 saturated heterocycles. The summed E-state index contributed by atoms with van der Waals surface area (Å²) in [6.45, 7) is 0.744. The summed E-state index contributed by atoms with van der Waals surface area (Å²) in [6.07, 6.45) is -29.3. The molecule has 0 aliphatic heterocycles. The summed E-state index contributed by atoms with van der Waals surface area (Å²) in [4.78, 5) is 0. The molecule has 0 aromatic carbocycles. The summed E-state index contributed by atoms with van der Waals surface area (Å²) in [5, 5.41) is 0. The molecule has 0 spiro atoms. The lowest BCUT2D eigenvalue weighted by molar-refractivity contribution is -0.382. The van der Waals surface area contributed by atoms with Crippen LogP contribution in [0.15, 0.2) is 0 Å². The average Bonchev–Trinajstić information content (AvgIpc) is 2.22. The number of rotatable bonds is 4. The topological polar surface area (TPSA) is 0 Å². The summed E-state index contributed by atoms with van der Waals surface area (Å²) in [7, 11) is 0. The third-order valence-electron chi connectivity index (χ3n) is 2.66. The lowest BCUT2D eigenvalue weighted by Gasteiger charge is -2.39. The highest BCUT2D eigenvalue weighted by Gasteiger charge is 2.83. The molecule has 0 aromatic rings.